The largest absolute Gasteiger partial charge is 0.508 e. The van der Waals surface area contributed by atoms with Crippen molar-refractivity contribution in [1.82, 2.24) is 0 Å². The summed E-state index contributed by atoms with van der Waals surface area (Å²) in [4.78, 5) is 0. The van der Waals surface area contributed by atoms with Crippen LogP contribution in [-0.4, -0.2) is 16.9 Å². The molecule has 0 aromatic heterocycles. The smallest absolute Gasteiger partial charge is 0.115 e. The molecule has 0 spiro atoms. The predicted molar refractivity (Wildman–Crippen MR) is 85.8 cm³/mol. The van der Waals surface area contributed by atoms with Crippen LogP contribution < -0.4 is 0 Å². The van der Waals surface area contributed by atoms with E-state index in [1.807, 2.05) is 30.3 Å². The van der Waals surface area contributed by atoms with Gasteiger partial charge in [-0.3, -0.25) is 0 Å². The summed E-state index contributed by atoms with van der Waals surface area (Å²) >= 11 is 12.4. The zero-order valence-corrected chi connectivity index (χ0v) is 12.7. The van der Waals surface area contributed by atoms with Crippen LogP contribution in [0.3, 0.4) is 0 Å². The molecule has 0 saturated carbocycles. The van der Waals surface area contributed by atoms with E-state index in [1.54, 1.807) is 12.1 Å². The second kappa shape index (κ2) is 7.01. The molecule has 0 bridgehead atoms. The molecule has 1 N–H and O–H groups in total. The summed E-state index contributed by atoms with van der Waals surface area (Å²) in [7, 11) is 0. The van der Waals surface area contributed by atoms with Crippen molar-refractivity contribution in [1.29, 1.82) is 0 Å². The molecule has 106 valence electrons. The van der Waals surface area contributed by atoms with E-state index in [9.17, 15) is 5.11 Å². The van der Waals surface area contributed by atoms with Crippen LogP contribution in [0.25, 0.3) is 0 Å². The average Bonchev–Trinajstić information content (AvgIpc) is 2.47. The molecule has 0 aliphatic heterocycles. The van der Waals surface area contributed by atoms with E-state index in [1.165, 1.54) is 5.56 Å². The standard InChI is InChI=1S/C17H18Cl2O/c18-12-17(13-19,10-14-5-2-1-3-6-14)11-15-7-4-8-16(20)9-15/h1-9,20H,10-13H2. The minimum Gasteiger partial charge on any atom is -0.508 e. The number of phenols is 1. The molecule has 0 atom stereocenters. The Balaban J connectivity index is 2.21. The third-order valence-electron chi connectivity index (χ3n) is 3.48. The maximum Gasteiger partial charge on any atom is 0.115 e. The lowest BCUT2D eigenvalue weighted by molar-refractivity contribution is 0.373. The Morgan fingerprint density at radius 3 is 2.00 bits per heavy atom. The number of hydrogen-bond donors (Lipinski definition) is 1. The van der Waals surface area contributed by atoms with Crippen molar-refractivity contribution in [3.05, 3.63) is 65.7 Å². The number of halogens is 2. The normalized spacial score (nSPS) is 11.5. The highest BCUT2D eigenvalue weighted by atomic mass is 35.5. The van der Waals surface area contributed by atoms with Gasteiger partial charge in [-0.25, -0.2) is 0 Å². The van der Waals surface area contributed by atoms with E-state index >= 15 is 0 Å². The minimum atomic E-state index is -0.196. The summed E-state index contributed by atoms with van der Waals surface area (Å²) in [6.07, 6.45) is 1.58. The van der Waals surface area contributed by atoms with E-state index in [0.29, 0.717) is 11.8 Å². The molecule has 2 aromatic rings. The van der Waals surface area contributed by atoms with Crippen molar-refractivity contribution in [2.24, 2.45) is 5.41 Å². The van der Waals surface area contributed by atoms with Gasteiger partial charge >= 0.3 is 0 Å². The van der Waals surface area contributed by atoms with Crippen molar-refractivity contribution in [2.75, 3.05) is 11.8 Å². The fraction of sp³-hybridized carbons (Fsp3) is 0.294. The van der Waals surface area contributed by atoms with Crippen LogP contribution in [0.5, 0.6) is 5.75 Å². The molecule has 0 aliphatic carbocycles. The lowest BCUT2D eigenvalue weighted by Crippen LogP contribution is -2.30. The number of hydrogen-bond acceptors (Lipinski definition) is 1. The first-order valence-electron chi connectivity index (χ1n) is 6.61. The van der Waals surface area contributed by atoms with Crippen LogP contribution in [-0.2, 0) is 12.8 Å². The zero-order valence-electron chi connectivity index (χ0n) is 11.2. The quantitative estimate of drug-likeness (QED) is 0.771. The maximum atomic E-state index is 9.58. The topological polar surface area (TPSA) is 20.2 Å². The van der Waals surface area contributed by atoms with Crippen LogP contribution >= 0.6 is 23.2 Å². The number of rotatable bonds is 6. The number of aromatic hydroxyl groups is 1. The molecule has 0 unspecified atom stereocenters. The Kier molecular flexibility index (Phi) is 5.33. The highest BCUT2D eigenvalue weighted by molar-refractivity contribution is 6.21. The third-order valence-corrected chi connectivity index (χ3v) is 4.61. The van der Waals surface area contributed by atoms with Gasteiger partial charge in [0.2, 0.25) is 0 Å². The first kappa shape index (κ1) is 15.2. The molecule has 3 heteroatoms. The van der Waals surface area contributed by atoms with Crippen LogP contribution in [0.15, 0.2) is 54.6 Å². The highest BCUT2D eigenvalue weighted by Gasteiger charge is 2.29. The van der Waals surface area contributed by atoms with E-state index < -0.39 is 0 Å². The van der Waals surface area contributed by atoms with Gasteiger partial charge < -0.3 is 5.11 Å². The summed E-state index contributed by atoms with van der Waals surface area (Å²) in [5, 5.41) is 9.58. The molecule has 2 rings (SSSR count). The van der Waals surface area contributed by atoms with Crippen LogP contribution in [0.4, 0.5) is 0 Å². The van der Waals surface area contributed by atoms with E-state index in [4.69, 9.17) is 23.2 Å². The Labute approximate surface area is 130 Å². The SMILES string of the molecule is Oc1cccc(CC(CCl)(CCl)Cc2ccccc2)c1. The summed E-state index contributed by atoms with van der Waals surface area (Å²) in [5.74, 6) is 1.25. The van der Waals surface area contributed by atoms with Gasteiger partial charge in [0.25, 0.3) is 0 Å². The van der Waals surface area contributed by atoms with Crippen LogP contribution in [0, 0.1) is 5.41 Å². The van der Waals surface area contributed by atoms with Gasteiger partial charge in [0.15, 0.2) is 0 Å². The first-order valence-corrected chi connectivity index (χ1v) is 7.68. The molecular weight excluding hydrogens is 291 g/mol. The Morgan fingerprint density at radius 1 is 0.800 bits per heavy atom. The summed E-state index contributed by atoms with van der Waals surface area (Å²) in [6.45, 7) is 0. The number of alkyl halides is 2. The molecule has 0 heterocycles. The Bertz CT molecular complexity index is 536. The van der Waals surface area contributed by atoms with Crippen LogP contribution in [0.1, 0.15) is 11.1 Å². The second-order valence-electron chi connectivity index (χ2n) is 5.28. The van der Waals surface area contributed by atoms with Crippen molar-refractivity contribution in [2.45, 2.75) is 12.8 Å². The van der Waals surface area contributed by atoms with Gasteiger partial charge in [-0.05, 0) is 36.1 Å². The molecule has 1 nitrogen and oxygen atoms in total. The fourth-order valence-electron chi connectivity index (χ4n) is 2.42. The van der Waals surface area contributed by atoms with Crippen molar-refractivity contribution in [3.63, 3.8) is 0 Å². The number of benzene rings is 2. The van der Waals surface area contributed by atoms with Crippen molar-refractivity contribution in [3.8, 4) is 5.75 Å². The van der Waals surface area contributed by atoms with Gasteiger partial charge in [0.05, 0.1) is 0 Å². The van der Waals surface area contributed by atoms with E-state index in [-0.39, 0.29) is 11.2 Å². The average molecular weight is 309 g/mol. The van der Waals surface area contributed by atoms with E-state index in [0.717, 1.165) is 18.4 Å². The first-order chi connectivity index (χ1) is 9.67. The lowest BCUT2D eigenvalue weighted by Gasteiger charge is -2.30. The summed E-state index contributed by atoms with van der Waals surface area (Å²) in [5.41, 5.74) is 2.09. The molecule has 20 heavy (non-hydrogen) atoms. The summed E-state index contributed by atoms with van der Waals surface area (Å²) in [6, 6.07) is 17.5. The van der Waals surface area contributed by atoms with E-state index in [2.05, 4.69) is 12.1 Å². The molecule has 0 amide bonds. The maximum absolute atomic E-state index is 9.58. The van der Waals surface area contributed by atoms with Crippen molar-refractivity contribution < 1.29 is 5.11 Å². The fourth-order valence-corrected chi connectivity index (χ4v) is 3.08. The highest BCUT2D eigenvalue weighted by Crippen LogP contribution is 2.32. The molecule has 2 aromatic carbocycles. The number of phenolic OH excluding ortho intramolecular Hbond substituents is 1. The monoisotopic (exact) mass is 308 g/mol. The summed E-state index contributed by atoms with van der Waals surface area (Å²) < 4.78 is 0. The second-order valence-corrected chi connectivity index (χ2v) is 5.81. The minimum absolute atomic E-state index is 0.196. The predicted octanol–water partition coefficient (Wildman–Crippen LogP) is 4.64. The van der Waals surface area contributed by atoms with Gasteiger partial charge in [0.1, 0.15) is 5.75 Å². The van der Waals surface area contributed by atoms with Gasteiger partial charge in [-0.15, -0.1) is 23.2 Å². The zero-order chi connectivity index (χ0) is 14.4. The third kappa shape index (κ3) is 3.91. The molecule has 0 fully saturated rings. The molecule has 0 saturated heterocycles. The molecule has 0 aliphatic rings. The molecular formula is C17H18Cl2O. The lowest BCUT2D eigenvalue weighted by atomic mass is 9.80. The van der Waals surface area contributed by atoms with Gasteiger partial charge in [-0.2, -0.15) is 0 Å². The van der Waals surface area contributed by atoms with Gasteiger partial charge in [0, 0.05) is 17.2 Å². The molecule has 0 radical (unpaired) electrons. The van der Waals surface area contributed by atoms with Crippen molar-refractivity contribution >= 4 is 23.2 Å². The Morgan fingerprint density at radius 2 is 1.40 bits per heavy atom. The van der Waals surface area contributed by atoms with Crippen LogP contribution in [0.2, 0.25) is 0 Å². The van der Waals surface area contributed by atoms with Gasteiger partial charge in [-0.1, -0.05) is 42.5 Å². The Hall–Kier alpha value is -1.18.